The third-order valence-electron chi connectivity index (χ3n) is 11.7. The van der Waals surface area contributed by atoms with Gasteiger partial charge in [0.1, 0.15) is 24.4 Å². The minimum atomic E-state index is -4.43. The second-order valence-corrected chi connectivity index (χ2v) is 19.1. The van der Waals surface area contributed by atoms with Crippen molar-refractivity contribution in [2.45, 2.75) is 81.3 Å². The molecular weight excluding hydrogens is 843 g/mol. The number of carbonyl (C=O) groups excluding carboxylic acids is 3. The number of thiazole rings is 1. The number of amides is 2. The van der Waals surface area contributed by atoms with Crippen molar-refractivity contribution in [3.63, 3.8) is 0 Å². The van der Waals surface area contributed by atoms with Crippen LogP contribution in [0, 0.1) is 24.2 Å². The summed E-state index contributed by atoms with van der Waals surface area (Å²) in [5.74, 6) is 0.469. The molecule has 0 saturated heterocycles. The number of carbonyl (C=O) groups is 3. The van der Waals surface area contributed by atoms with Crippen LogP contribution in [0.1, 0.15) is 72.2 Å². The molecule has 0 bridgehead atoms. The number of anilines is 1. The molecule has 3 atom stereocenters. The van der Waals surface area contributed by atoms with Gasteiger partial charge in [0.15, 0.2) is 26.9 Å². The van der Waals surface area contributed by atoms with Crippen molar-refractivity contribution in [3.05, 3.63) is 118 Å². The Morgan fingerprint density at radius 1 is 0.968 bits per heavy atom. The number of rotatable bonds is 13. The monoisotopic (exact) mass is 889 g/mol. The Hall–Kier alpha value is -6.28. The van der Waals surface area contributed by atoms with Gasteiger partial charge in [0, 0.05) is 19.9 Å². The smallest absolute Gasteiger partial charge is 0.328 e. The van der Waals surface area contributed by atoms with Gasteiger partial charge in [0.05, 0.1) is 31.0 Å². The van der Waals surface area contributed by atoms with Crippen LogP contribution in [-0.2, 0) is 48.5 Å². The van der Waals surface area contributed by atoms with Crippen LogP contribution in [0.3, 0.4) is 0 Å². The van der Waals surface area contributed by atoms with E-state index in [0.717, 1.165) is 43.6 Å². The van der Waals surface area contributed by atoms with Crippen LogP contribution in [0.25, 0.3) is 11.1 Å². The summed E-state index contributed by atoms with van der Waals surface area (Å²) in [6.07, 6.45) is 4.49. The average Bonchev–Trinajstić information content (AvgIpc) is 3.96. The lowest BCUT2D eigenvalue weighted by atomic mass is 9.93. The van der Waals surface area contributed by atoms with Crippen molar-refractivity contribution < 1.29 is 41.7 Å². The molecule has 326 valence electrons. The molecule has 2 aliphatic heterocycles. The van der Waals surface area contributed by atoms with Gasteiger partial charge in [-0.25, -0.2) is 18.2 Å². The molecule has 3 heterocycles. The first-order valence-corrected chi connectivity index (χ1v) is 23.1. The first-order chi connectivity index (χ1) is 30.4. The van der Waals surface area contributed by atoms with Gasteiger partial charge in [-0.1, -0.05) is 72.7 Å². The second kappa shape index (κ2) is 18.6. The number of hydrogen-bond acceptors (Lipinski definition) is 12. The summed E-state index contributed by atoms with van der Waals surface area (Å²) < 4.78 is 54.2. The molecule has 8 rings (SSSR count). The molecule has 0 radical (unpaired) electrons. The first kappa shape index (κ1) is 43.4. The molecule has 3 aliphatic rings. The van der Waals surface area contributed by atoms with Crippen molar-refractivity contribution in [3.8, 4) is 34.4 Å². The maximum absolute atomic E-state index is 14.7. The van der Waals surface area contributed by atoms with Crippen LogP contribution in [0.15, 0.2) is 89.1 Å². The normalized spacial score (nSPS) is 17.8. The second-order valence-electron chi connectivity index (χ2n) is 16.0. The lowest BCUT2D eigenvalue weighted by Crippen LogP contribution is -2.56. The number of fused-ring (bicyclic) bond motifs is 2. The van der Waals surface area contributed by atoms with E-state index in [-0.39, 0.29) is 41.0 Å². The SMILES string of the molecule is COC(=O)[C@H](Cc1ccc(-c2ccc(C#N)cc2)cc1)NC(=O)[C@@H]1Cc2cc3c(cc2CN1S(=O)(=O)c1sc(NC(C)=O)nc1C)OC(c1ccc(OCC2CCCC2)cc1)CO3. The Bertz CT molecular complexity index is 2660. The van der Waals surface area contributed by atoms with E-state index in [2.05, 4.69) is 21.7 Å². The summed E-state index contributed by atoms with van der Waals surface area (Å²) in [6, 6.07) is 25.6. The fraction of sp³-hybridized carbons (Fsp3) is 0.340. The fourth-order valence-corrected chi connectivity index (χ4v) is 11.4. The maximum atomic E-state index is 14.7. The highest BCUT2D eigenvalue weighted by atomic mass is 32.2. The molecule has 1 fully saturated rings. The summed E-state index contributed by atoms with van der Waals surface area (Å²) in [5.41, 5.74) is 5.40. The minimum absolute atomic E-state index is 0.0492. The Morgan fingerprint density at radius 2 is 1.65 bits per heavy atom. The molecule has 16 heteroatoms. The number of hydrogen-bond donors (Lipinski definition) is 2. The molecule has 1 aliphatic carbocycles. The van der Waals surface area contributed by atoms with E-state index in [1.165, 1.54) is 46.6 Å². The zero-order chi connectivity index (χ0) is 44.3. The van der Waals surface area contributed by atoms with Crippen molar-refractivity contribution in [1.82, 2.24) is 14.6 Å². The van der Waals surface area contributed by atoms with Gasteiger partial charge in [-0.15, -0.1) is 0 Å². The zero-order valence-electron chi connectivity index (χ0n) is 35.1. The molecular formula is C47H47N5O9S2. The molecule has 2 amide bonds. The van der Waals surface area contributed by atoms with Gasteiger partial charge in [0.2, 0.25) is 11.8 Å². The predicted octanol–water partition coefficient (Wildman–Crippen LogP) is 7.05. The predicted molar refractivity (Wildman–Crippen MR) is 235 cm³/mol. The van der Waals surface area contributed by atoms with Crippen molar-refractivity contribution in [1.29, 1.82) is 5.26 Å². The Morgan fingerprint density at radius 3 is 2.32 bits per heavy atom. The van der Waals surface area contributed by atoms with Crippen LogP contribution >= 0.6 is 11.3 Å². The number of nitrogens with zero attached hydrogens (tertiary/aromatic N) is 3. The number of sulfonamides is 1. The van der Waals surface area contributed by atoms with E-state index in [0.29, 0.717) is 40.7 Å². The van der Waals surface area contributed by atoms with E-state index in [1.807, 2.05) is 60.7 Å². The molecule has 2 N–H and O–H groups in total. The highest BCUT2D eigenvalue weighted by Crippen LogP contribution is 2.42. The lowest BCUT2D eigenvalue weighted by molar-refractivity contribution is -0.145. The third-order valence-corrected chi connectivity index (χ3v) is 15.2. The van der Waals surface area contributed by atoms with Crippen molar-refractivity contribution in [2.75, 3.05) is 25.6 Å². The van der Waals surface area contributed by atoms with Crippen LogP contribution in [0.5, 0.6) is 17.2 Å². The Balaban J connectivity index is 1.04. The Labute approximate surface area is 370 Å². The Kier molecular flexibility index (Phi) is 12.8. The number of benzene rings is 4. The van der Waals surface area contributed by atoms with Crippen LogP contribution in [-0.4, -0.2) is 67.9 Å². The highest BCUT2D eigenvalue weighted by molar-refractivity contribution is 7.91. The molecule has 0 spiro atoms. The standard InChI is InChI=1S/C47H47N5O9S2/c1-28-46(62-47(49-28)50-29(2)53)63(56,57)52-25-37-23-42-41(60-27-43(61-42)35-16-18-38(19-17-35)59-26-32-6-4-5-7-32)22-36(37)21-40(52)44(54)51-39(45(55)58-3)20-30-8-12-33(13-9-30)34-14-10-31(24-48)11-15-34/h8-19,22-23,32,39-40,43H,4-7,20-21,25-27H2,1-3H3,(H,51,54)(H,49,50,53)/t39-,40-,43?/m0/s1. The van der Waals surface area contributed by atoms with Crippen LogP contribution in [0.4, 0.5) is 5.13 Å². The molecule has 14 nitrogen and oxygen atoms in total. The van der Waals surface area contributed by atoms with Crippen LogP contribution in [0.2, 0.25) is 0 Å². The number of methoxy groups -OCH3 is 1. The van der Waals surface area contributed by atoms with Gasteiger partial charge < -0.3 is 29.6 Å². The quantitative estimate of drug-likeness (QED) is 0.116. The van der Waals surface area contributed by atoms with E-state index in [4.69, 9.17) is 24.2 Å². The number of ether oxygens (including phenoxy) is 4. The number of nitrogens with one attached hydrogen (secondary N) is 2. The van der Waals surface area contributed by atoms with Gasteiger partial charge in [-0.05, 0) is 102 Å². The zero-order valence-corrected chi connectivity index (χ0v) is 36.7. The summed E-state index contributed by atoms with van der Waals surface area (Å²) >= 11 is 0.793. The summed E-state index contributed by atoms with van der Waals surface area (Å²) in [4.78, 5) is 43.9. The van der Waals surface area contributed by atoms with E-state index in [9.17, 15) is 22.8 Å². The number of esters is 1. The molecule has 1 saturated carbocycles. The number of aromatic nitrogens is 1. The average molecular weight is 890 g/mol. The molecule has 63 heavy (non-hydrogen) atoms. The van der Waals surface area contributed by atoms with Gasteiger partial charge in [0.25, 0.3) is 10.0 Å². The number of aryl methyl sites for hydroxylation is 1. The van der Waals surface area contributed by atoms with Gasteiger partial charge in [-0.3, -0.25) is 9.59 Å². The molecule has 5 aromatic rings. The largest absolute Gasteiger partial charge is 0.493 e. The molecule has 1 aromatic heterocycles. The minimum Gasteiger partial charge on any atom is -0.493 e. The summed E-state index contributed by atoms with van der Waals surface area (Å²) in [5, 5.41) is 14.6. The van der Waals surface area contributed by atoms with Gasteiger partial charge >= 0.3 is 5.97 Å². The topological polar surface area (TPSA) is 186 Å². The lowest BCUT2D eigenvalue weighted by Gasteiger charge is -2.36. The maximum Gasteiger partial charge on any atom is 0.328 e. The third kappa shape index (κ3) is 9.70. The van der Waals surface area contributed by atoms with Crippen molar-refractivity contribution >= 4 is 44.3 Å². The van der Waals surface area contributed by atoms with E-state index < -0.39 is 46.0 Å². The van der Waals surface area contributed by atoms with E-state index >= 15 is 0 Å². The first-order valence-electron chi connectivity index (χ1n) is 20.8. The van der Waals surface area contributed by atoms with Crippen LogP contribution < -0.4 is 24.8 Å². The van der Waals surface area contributed by atoms with E-state index in [1.54, 1.807) is 24.3 Å². The summed E-state index contributed by atoms with van der Waals surface area (Å²) in [6.45, 7) is 3.55. The fourth-order valence-electron chi connectivity index (χ4n) is 8.28. The molecule has 1 unspecified atom stereocenters. The highest BCUT2D eigenvalue weighted by Gasteiger charge is 2.43. The molecule has 4 aromatic carbocycles. The number of nitriles is 1. The summed E-state index contributed by atoms with van der Waals surface area (Å²) in [7, 11) is -3.21. The van der Waals surface area contributed by atoms with Gasteiger partial charge in [-0.2, -0.15) is 9.57 Å². The van der Waals surface area contributed by atoms with Crippen molar-refractivity contribution in [2.24, 2.45) is 5.92 Å².